The van der Waals surface area contributed by atoms with Gasteiger partial charge in [0.05, 0.1) is 10.9 Å². The van der Waals surface area contributed by atoms with Crippen LogP contribution in [0.15, 0.2) is 41.7 Å². The molecule has 0 unspecified atom stereocenters. The largest absolute Gasteiger partial charge is 0.505 e. The second kappa shape index (κ2) is 7.92. The fourth-order valence-corrected chi connectivity index (χ4v) is 3.77. The number of rotatable bonds is 8. The molecule has 1 aliphatic heterocycles. The highest BCUT2D eigenvalue weighted by Gasteiger charge is 2.32. The number of hydrogen-bond donors (Lipinski definition) is 1. The van der Waals surface area contributed by atoms with Crippen LogP contribution >= 0.6 is 0 Å². The van der Waals surface area contributed by atoms with Gasteiger partial charge in [0.25, 0.3) is 0 Å². The van der Waals surface area contributed by atoms with E-state index in [1.165, 1.54) is 25.7 Å². The summed E-state index contributed by atoms with van der Waals surface area (Å²) in [6.07, 6.45) is 10.3. The highest BCUT2D eigenvalue weighted by molar-refractivity contribution is 6.55. The van der Waals surface area contributed by atoms with Crippen LogP contribution in [0.4, 0.5) is 5.82 Å². The molecule has 0 fully saturated rings. The Morgan fingerprint density at radius 1 is 1.00 bits per heavy atom. The first-order valence-electron chi connectivity index (χ1n) is 9.97. The topological polar surface area (TPSA) is 80.4 Å². The molecule has 0 bridgehead atoms. The van der Waals surface area contributed by atoms with Crippen molar-refractivity contribution in [2.75, 3.05) is 0 Å². The number of aryl methyl sites for hydroxylation is 1. The zero-order valence-electron chi connectivity index (χ0n) is 16.1. The molecule has 3 aromatic rings. The van der Waals surface area contributed by atoms with Gasteiger partial charge in [-0.2, -0.15) is 0 Å². The highest BCUT2D eigenvalue weighted by atomic mass is 16.3. The minimum atomic E-state index is -0.203. The standard InChI is InChI=1S/C22H24N4O2/c1-2-3-4-5-6-7-14-26-18(20(28)16-11-9-13-24-22(16)26)17-19(27)15-10-8-12-23-21(15)25-17/h8-13,28H,2-7,14H2,1H3. The molecular formula is C22H24N4O2. The summed E-state index contributed by atoms with van der Waals surface area (Å²) >= 11 is 0. The number of unbranched alkanes of at least 4 members (excludes halogenated alkanes) is 5. The van der Waals surface area contributed by atoms with Gasteiger partial charge in [-0.25, -0.2) is 15.0 Å². The van der Waals surface area contributed by atoms with Crippen LogP contribution in [0.25, 0.3) is 11.0 Å². The maximum Gasteiger partial charge on any atom is 0.217 e. The lowest BCUT2D eigenvalue weighted by Crippen LogP contribution is -2.17. The lowest BCUT2D eigenvalue weighted by Gasteiger charge is -2.10. The van der Waals surface area contributed by atoms with Gasteiger partial charge in [-0.1, -0.05) is 39.0 Å². The van der Waals surface area contributed by atoms with E-state index in [1.54, 1.807) is 30.6 Å². The number of nitrogens with zero attached hydrogens (tertiary/aromatic N) is 4. The van der Waals surface area contributed by atoms with Crippen molar-refractivity contribution in [2.45, 2.75) is 52.0 Å². The fraction of sp³-hybridized carbons (Fsp3) is 0.364. The maximum atomic E-state index is 12.9. The number of carbonyl (C=O) groups excluding carboxylic acids is 1. The Bertz CT molecular complexity index is 1050. The van der Waals surface area contributed by atoms with Crippen LogP contribution in [0.1, 0.15) is 61.5 Å². The molecule has 4 heterocycles. The summed E-state index contributed by atoms with van der Waals surface area (Å²) < 4.78 is 1.94. The average molecular weight is 376 g/mol. The van der Waals surface area contributed by atoms with Crippen LogP contribution in [0.5, 0.6) is 5.75 Å². The third-order valence-corrected chi connectivity index (χ3v) is 5.22. The van der Waals surface area contributed by atoms with E-state index in [9.17, 15) is 9.90 Å². The van der Waals surface area contributed by atoms with Gasteiger partial charge in [-0.15, -0.1) is 0 Å². The number of aromatic hydroxyl groups is 1. The van der Waals surface area contributed by atoms with E-state index >= 15 is 0 Å². The molecule has 1 aliphatic rings. The molecule has 28 heavy (non-hydrogen) atoms. The Morgan fingerprint density at radius 3 is 2.57 bits per heavy atom. The summed E-state index contributed by atoms with van der Waals surface area (Å²) in [5, 5.41) is 11.5. The molecule has 6 nitrogen and oxygen atoms in total. The van der Waals surface area contributed by atoms with Crippen molar-refractivity contribution >= 4 is 28.3 Å². The molecular weight excluding hydrogens is 352 g/mol. The summed E-state index contributed by atoms with van der Waals surface area (Å²) in [6, 6.07) is 7.06. The van der Waals surface area contributed by atoms with E-state index in [4.69, 9.17) is 0 Å². The number of pyridine rings is 2. The first-order valence-corrected chi connectivity index (χ1v) is 9.97. The minimum Gasteiger partial charge on any atom is -0.505 e. The molecule has 1 N–H and O–H groups in total. The van der Waals surface area contributed by atoms with Crippen molar-refractivity contribution in [1.82, 2.24) is 14.5 Å². The van der Waals surface area contributed by atoms with E-state index in [0.29, 0.717) is 34.7 Å². The van der Waals surface area contributed by atoms with Gasteiger partial charge in [-0.05, 0) is 30.7 Å². The summed E-state index contributed by atoms with van der Waals surface area (Å²) in [7, 11) is 0. The summed E-state index contributed by atoms with van der Waals surface area (Å²) in [5.74, 6) is 0.269. The lowest BCUT2D eigenvalue weighted by molar-refractivity contribution is 0.106. The zero-order valence-corrected chi connectivity index (χ0v) is 16.1. The fourth-order valence-electron chi connectivity index (χ4n) is 3.77. The first kappa shape index (κ1) is 18.3. The quantitative estimate of drug-likeness (QED) is 0.572. The maximum absolute atomic E-state index is 12.9. The highest BCUT2D eigenvalue weighted by Crippen LogP contribution is 2.36. The van der Waals surface area contributed by atoms with Gasteiger partial charge in [0.15, 0.2) is 11.6 Å². The minimum absolute atomic E-state index is 0.0639. The Kier molecular flexibility index (Phi) is 5.19. The monoisotopic (exact) mass is 376 g/mol. The van der Waals surface area contributed by atoms with Crippen molar-refractivity contribution < 1.29 is 9.90 Å². The normalized spacial score (nSPS) is 13.2. The molecule has 0 aromatic carbocycles. The van der Waals surface area contributed by atoms with Gasteiger partial charge in [-0.3, -0.25) is 4.79 Å². The molecule has 0 radical (unpaired) electrons. The third-order valence-electron chi connectivity index (χ3n) is 5.22. The molecule has 0 saturated carbocycles. The molecule has 0 atom stereocenters. The summed E-state index contributed by atoms with van der Waals surface area (Å²) in [5.41, 5.74) is 1.85. The number of aliphatic imine (C=N–C) groups is 1. The predicted octanol–water partition coefficient (Wildman–Crippen LogP) is 4.81. The van der Waals surface area contributed by atoms with E-state index < -0.39 is 0 Å². The molecule has 144 valence electrons. The van der Waals surface area contributed by atoms with Crippen LogP contribution in [0, 0.1) is 0 Å². The molecule has 3 aromatic heterocycles. The first-order chi connectivity index (χ1) is 13.7. The number of Topliss-reactive ketones (excluding diaryl/α,β-unsaturated/α-hetero) is 1. The van der Waals surface area contributed by atoms with Crippen molar-refractivity contribution in [3.8, 4) is 5.75 Å². The molecule has 6 heteroatoms. The smallest absolute Gasteiger partial charge is 0.217 e. The van der Waals surface area contributed by atoms with E-state index in [0.717, 1.165) is 12.8 Å². The Morgan fingerprint density at radius 2 is 1.75 bits per heavy atom. The Labute approximate surface area is 164 Å². The third kappa shape index (κ3) is 3.19. The van der Waals surface area contributed by atoms with Crippen LogP contribution in [-0.2, 0) is 6.54 Å². The van der Waals surface area contributed by atoms with E-state index in [-0.39, 0.29) is 17.2 Å². The van der Waals surface area contributed by atoms with Crippen molar-refractivity contribution in [3.63, 3.8) is 0 Å². The van der Waals surface area contributed by atoms with Gasteiger partial charge in [0.1, 0.15) is 17.1 Å². The van der Waals surface area contributed by atoms with Crippen molar-refractivity contribution in [2.24, 2.45) is 4.99 Å². The van der Waals surface area contributed by atoms with Crippen LogP contribution in [-0.4, -0.2) is 31.1 Å². The van der Waals surface area contributed by atoms with Crippen molar-refractivity contribution in [3.05, 3.63) is 47.9 Å². The number of ketones is 1. The Hall–Kier alpha value is -3.02. The molecule has 0 spiro atoms. The predicted molar refractivity (Wildman–Crippen MR) is 110 cm³/mol. The number of aromatic nitrogens is 3. The second-order valence-corrected chi connectivity index (χ2v) is 7.16. The van der Waals surface area contributed by atoms with Gasteiger partial charge >= 0.3 is 0 Å². The van der Waals surface area contributed by atoms with Gasteiger partial charge in [0.2, 0.25) is 5.78 Å². The van der Waals surface area contributed by atoms with Crippen LogP contribution < -0.4 is 0 Å². The lowest BCUT2D eigenvalue weighted by atomic mass is 10.1. The summed E-state index contributed by atoms with van der Waals surface area (Å²) in [4.78, 5) is 26.0. The summed E-state index contributed by atoms with van der Waals surface area (Å²) in [6.45, 7) is 2.89. The van der Waals surface area contributed by atoms with Gasteiger partial charge < -0.3 is 9.67 Å². The van der Waals surface area contributed by atoms with Crippen LogP contribution in [0.2, 0.25) is 0 Å². The molecule has 0 saturated heterocycles. The van der Waals surface area contributed by atoms with E-state index in [1.807, 2.05) is 10.6 Å². The number of hydrogen-bond acceptors (Lipinski definition) is 5. The van der Waals surface area contributed by atoms with Crippen molar-refractivity contribution in [1.29, 1.82) is 0 Å². The molecule has 4 rings (SSSR count). The number of fused-ring (bicyclic) bond motifs is 2. The number of carbonyl (C=O) groups is 1. The van der Waals surface area contributed by atoms with E-state index in [2.05, 4.69) is 21.9 Å². The zero-order chi connectivity index (χ0) is 19.5. The molecule has 0 aliphatic carbocycles. The second-order valence-electron chi connectivity index (χ2n) is 7.16. The average Bonchev–Trinajstić information content (AvgIpc) is 3.19. The Balaban J connectivity index is 1.68. The molecule has 0 amide bonds. The SMILES string of the molecule is CCCCCCCCn1c(C2=Nc3ncccc3C2=O)c(O)c2cccnc21. The van der Waals surface area contributed by atoms with Gasteiger partial charge in [0, 0.05) is 18.9 Å². The van der Waals surface area contributed by atoms with Crippen LogP contribution in [0.3, 0.4) is 0 Å².